The lowest BCUT2D eigenvalue weighted by atomic mass is 10.2. The van der Waals surface area contributed by atoms with Gasteiger partial charge in [0.05, 0.1) is 11.9 Å². The lowest BCUT2D eigenvalue weighted by molar-refractivity contribution is 0.422. The van der Waals surface area contributed by atoms with Crippen molar-refractivity contribution in [1.82, 2.24) is 20.2 Å². The number of pyridine rings is 1. The third-order valence-electron chi connectivity index (χ3n) is 2.37. The maximum Gasteiger partial charge on any atom is 0.203 e. The second-order valence-electron chi connectivity index (χ2n) is 3.64. The largest absolute Gasteiger partial charge is 0.374 e. The minimum atomic E-state index is 0.465. The van der Waals surface area contributed by atoms with Crippen LogP contribution in [-0.2, 0) is 6.54 Å². The Bertz CT molecular complexity index is 537. The first-order valence-electron chi connectivity index (χ1n) is 4.78. The van der Waals surface area contributed by atoms with E-state index in [0.29, 0.717) is 5.13 Å². The van der Waals surface area contributed by atoms with Crippen LogP contribution in [0.5, 0.6) is 0 Å². The first-order valence-corrected chi connectivity index (χ1v) is 5.60. The van der Waals surface area contributed by atoms with Gasteiger partial charge in [-0.05, 0) is 11.6 Å². The van der Waals surface area contributed by atoms with Gasteiger partial charge in [0, 0.05) is 13.6 Å². The molecular weight excluding hydrogens is 224 g/mol. The van der Waals surface area contributed by atoms with Crippen molar-refractivity contribution in [2.45, 2.75) is 6.54 Å². The zero-order valence-corrected chi connectivity index (χ0v) is 9.45. The Morgan fingerprint density at radius 1 is 1.50 bits per heavy atom. The van der Waals surface area contributed by atoms with Crippen molar-refractivity contribution in [3.63, 3.8) is 0 Å². The van der Waals surface area contributed by atoms with Crippen LogP contribution >= 0.6 is 11.3 Å². The lowest BCUT2D eigenvalue weighted by Crippen LogP contribution is -2.16. The molecule has 0 aromatic carbocycles. The van der Waals surface area contributed by atoms with Gasteiger partial charge in [0.2, 0.25) is 5.13 Å². The summed E-state index contributed by atoms with van der Waals surface area (Å²) in [5.41, 5.74) is 11.8. The summed E-state index contributed by atoms with van der Waals surface area (Å²) in [7, 11) is 1.99. The summed E-state index contributed by atoms with van der Waals surface area (Å²) in [5, 5.41) is 11.0. The standard InChI is InChI=1S/C9H10N6S/c1-15-4-5-2-6(11-3-7(5)14-15)8-12-13-9(10)16-8/h2-3,14H,4H2,1H3,(H2,10,13). The number of rotatable bonds is 1. The molecule has 0 saturated carbocycles. The number of hydrazine groups is 1. The van der Waals surface area contributed by atoms with Crippen molar-refractivity contribution in [3.8, 4) is 10.7 Å². The molecule has 0 radical (unpaired) electrons. The molecule has 3 N–H and O–H groups in total. The Hall–Kier alpha value is -1.73. The van der Waals surface area contributed by atoms with Gasteiger partial charge in [-0.2, -0.15) is 0 Å². The third-order valence-corrected chi connectivity index (χ3v) is 3.14. The molecule has 0 bridgehead atoms. The van der Waals surface area contributed by atoms with Crippen molar-refractivity contribution in [1.29, 1.82) is 0 Å². The molecule has 0 spiro atoms. The van der Waals surface area contributed by atoms with Gasteiger partial charge in [-0.15, -0.1) is 10.2 Å². The quantitative estimate of drug-likeness (QED) is 0.765. The Morgan fingerprint density at radius 3 is 3.12 bits per heavy atom. The predicted molar refractivity (Wildman–Crippen MR) is 62.6 cm³/mol. The van der Waals surface area contributed by atoms with E-state index in [1.54, 1.807) is 0 Å². The minimum absolute atomic E-state index is 0.465. The highest BCUT2D eigenvalue weighted by Crippen LogP contribution is 2.29. The molecule has 0 amide bonds. The van der Waals surface area contributed by atoms with Crippen LogP contribution in [0, 0.1) is 0 Å². The number of fused-ring (bicyclic) bond motifs is 1. The van der Waals surface area contributed by atoms with Gasteiger partial charge in [-0.3, -0.25) is 4.98 Å². The van der Waals surface area contributed by atoms with E-state index >= 15 is 0 Å². The summed E-state index contributed by atoms with van der Waals surface area (Å²) < 4.78 is 0. The van der Waals surface area contributed by atoms with Gasteiger partial charge >= 0.3 is 0 Å². The number of nitrogens with zero attached hydrogens (tertiary/aromatic N) is 4. The molecule has 1 aliphatic heterocycles. The molecule has 6 nitrogen and oxygen atoms in total. The van der Waals surface area contributed by atoms with E-state index in [1.807, 2.05) is 24.3 Å². The van der Waals surface area contributed by atoms with E-state index in [4.69, 9.17) is 5.73 Å². The van der Waals surface area contributed by atoms with E-state index < -0.39 is 0 Å². The Kier molecular flexibility index (Phi) is 2.01. The zero-order chi connectivity index (χ0) is 11.1. The van der Waals surface area contributed by atoms with Gasteiger partial charge in [0.1, 0.15) is 5.69 Å². The van der Waals surface area contributed by atoms with Gasteiger partial charge < -0.3 is 11.2 Å². The number of hydrogen-bond acceptors (Lipinski definition) is 7. The highest BCUT2D eigenvalue weighted by molar-refractivity contribution is 7.18. The molecule has 3 rings (SSSR count). The summed E-state index contributed by atoms with van der Waals surface area (Å²) in [6.07, 6.45) is 1.81. The average molecular weight is 234 g/mol. The van der Waals surface area contributed by atoms with Crippen LogP contribution in [0.1, 0.15) is 5.56 Å². The molecule has 0 atom stereocenters. The monoisotopic (exact) mass is 234 g/mol. The normalized spacial score (nSPS) is 14.8. The number of hydrogen-bond donors (Lipinski definition) is 2. The lowest BCUT2D eigenvalue weighted by Gasteiger charge is -2.05. The Balaban J connectivity index is 2.02. The van der Waals surface area contributed by atoms with Crippen LogP contribution in [0.25, 0.3) is 10.7 Å². The molecule has 3 heterocycles. The first-order chi connectivity index (χ1) is 7.72. The molecule has 2 aromatic rings. The third kappa shape index (κ3) is 1.50. The maximum atomic E-state index is 5.55. The van der Waals surface area contributed by atoms with Crippen molar-refractivity contribution in [3.05, 3.63) is 17.8 Å². The number of aromatic nitrogens is 3. The summed E-state index contributed by atoms with van der Waals surface area (Å²) in [6, 6.07) is 2.02. The average Bonchev–Trinajstić information content (AvgIpc) is 2.81. The van der Waals surface area contributed by atoms with Crippen LogP contribution < -0.4 is 11.2 Å². The zero-order valence-electron chi connectivity index (χ0n) is 8.64. The molecular formula is C9H10N6S. The van der Waals surface area contributed by atoms with Crippen molar-refractivity contribution in [2.24, 2.45) is 0 Å². The van der Waals surface area contributed by atoms with E-state index in [1.165, 1.54) is 16.9 Å². The molecule has 0 unspecified atom stereocenters. The van der Waals surface area contributed by atoms with Crippen LogP contribution in [0.15, 0.2) is 12.3 Å². The number of anilines is 2. The maximum absolute atomic E-state index is 5.55. The number of nitrogens with two attached hydrogens (primary N) is 1. The summed E-state index contributed by atoms with van der Waals surface area (Å²) in [6.45, 7) is 0.860. The van der Waals surface area contributed by atoms with Crippen molar-refractivity contribution < 1.29 is 0 Å². The fourth-order valence-corrected chi connectivity index (χ4v) is 2.26. The highest BCUT2D eigenvalue weighted by Gasteiger charge is 2.17. The molecule has 16 heavy (non-hydrogen) atoms. The topological polar surface area (TPSA) is 80.0 Å². The molecule has 0 saturated heterocycles. The summed E-state index contributed by atoms with van der Waals surface area (Å²) in [5.74, 6) is 0. The van der Waals surface area contributed by atoms with Crippen LogP contribution in [-0.4, -0.2) is 27.2 Å². The van der Waals surface area contributed by atoms with Gasteiger partial charge in [0.15, 0.2) is 5.01 Å². The van der Waals surface area contributed by atoms with Gasteiger partial charge in [0.25, 0.3) is 0 Å². The molecule has 1 aliphatic rings. The fourth-order valence-electron chi connectivity index (χ4n) is 1.68. The van der Waals surface area contributed by atoms with E-state index in [-0.39, 0.29) is 0 Å². The van der Waals surface area contributed by atoms with Crippen LogP contribution in [0.4, 0.5) is 10.8 Å². The molecule has 7 heteroatoms. The molecule has 82 valence electrons. The predicted octanol–water partition coefficient (Wildman–Crippen LogP) is 0.955. The van der Waals surface area contributed by atoms with Crippen molar-refractivity contribution in [2.75, 3.05) is 18.2 Å². The number of nitrogen functional groups attached to an aromatic ring is 1. The molecule has 0 aliphatic carbocycles. The van der Waals surface area contributed by atoms with Gasteiger partial charge in [-0.1, -0.05) is 11.3 Å². The molecule has 0 fully saturated rings. The second kappa shape index (κ2) is 3.39. The van der Waals surface area contributed by atoms with Crippen LogP contribution in [0.3, 0.4) is 0 Å². The van der Waals surface area contributed by atoms with Crippen LogP contribution in [0.2, 0.25) is 0 Å². The summed E-state index contributed by atoms with van der Waals surface area (Å²) >= 11 is 1.35. The summed E-state index contributed by atoms with van der Waals surface area (Å²) in [4.78, 5) is 4.33. The van der Waals surface area contributed by atoms with Crippen molar-refractivity contribution >= 4 is 22.2 Å². The smallest absolute Gasteiger partial charge is 0.203 e. The number of nitrogens with one attached hydrogen (secondary N) is 1. The first kappa shape index (κ1) is 9.49. The van der Waals surface area contributed by atoms with E-state index in [2.05, 4.69) is 20.6 Å². The van der Waals surface area contributed by atoms with E-state index in [0.717, 1.165) is 22.9 Å². The minimum Gasteiger partial charge on any atom is -0.374 e. The second-order valence-corrected chi connectivity index (χ2v) is 4.65. The van der Waals surface area contributed by atoms with Gasteiger partial charge in [-0.25, -0.2) is 5.01 Å². The Morgan fingerprint density at radius 2 is 2.38 bits per heavy atom. The SMILES string of the molecule is CN1Cc2cc(-c3nnc(N)s3)ncc2N1. The fraction of sp³-hybridized carbons (Fsp3) is 0.222. The van der Waals surface area contributed by atoms with E-state index in [9.17, 15) is 0 Å². The molecule has 2 aromatic heterocycles. The highest BCUT2D eigenvalue weighted by atomic mass is 32.1. The Labute approximate surface area is 96.1 Å².